The van der Waals surface area contributed by atoms with Crippen molar-refractivity contribution < 1.29 is 4.79 Å². The van der Waals surface area contributed by atoms with E-state index in [0.717, 1.165) is 64.6 Å². The highest BCUT2D eigenvalue weighted by Crippen LogP contribution is 2.33. The topological polar surface area (TPSA) is 78.5 Å². The molecule has 2 saturated carbocycles. The van der Waals surface area contributed by atoms with Crippen molar-refractivity contribution in [2.45, 2.75) is 77.7 Å². The standard InChI is InChI=1S/C24H37N3O3/c1-15-6-5-7-19(16(15)2)26-24(30)18-10-8-17(9-11-18)14-25-20-21(23(29)22(20)28)27-12-3-4-13-27/h15-19,25H,3-14H2,1-2H3,(H,26,30)/t15-,16+,17?,18?,19+/m1/s1. The Bertz CT molecular complexity index is 814. The van der Waals surface area contributed by atoms with E-state index in [0.29, 0.717) is 35.2 Å². The number of hydrogen-bond donors (Lipinski definition) is 2. The molecule has 3 atom stereocenters. The summed E-state index contributed by atoms with van der Waals surface area (Å²) in [7, 11) is 0. The van der Waals surface area contributed by atoms with E-state index < -0.39 is 0 Å². The third kappa shape index (κ3) is 4.28. The Hall–Kier alpha value is -1.85. The Labute approximate surface area is 179 Å². The van der Waals surface area contributed by atoms with Crippen LogP contribution in [0.2, 0.25) is 0 Å². The summed E-state index contributed by atoms with van der Waals surface area (Å²) in [6, 6.07) is 0.332. The lowest BCUT2D eigenvalue weighted by molar-refractivity contribution is -0.127. The molecule has 1 aromatic rings. The summed E-state index contributed by atoms with van der Waals surface area (Å²) >= 11 is 0. The molecule has 2 aliphatic carbocycles. The number of hydrogen-bond acceptors (Lipinski definition) is 5. The number of anilines is 2. The number of amides is 1. The van der Waals surface area contributed by atoms with Crippen LogP contribution in [0.5, 0.6) is 0 Å². The Balaban J connectivity index is 1.24. The highest BCUT2D eigenvalue weighted by atomic mass is 16.2. The van der Waals surface area contributed by atoms with Crippen LogP contribution >= 0.6 is 0 Å². The van der Waals surface area contributed by atoms with E-state index in [2.05, 4.69) is 29.4 Å². The van der Waals surface area contributed by atoms with Crippen molar-refractivity contribution in [3.05, 3.63) is 20.4 Å². The molecule has 1 saturated heterocycles. The van der Waals surface area contributed by atoms with Crippen LogP contribution in [0.15, 0.2) is 9.59 Å². The van der Waals surface area contributed by atoms with Crippen molar-refractivity contribution in [2.75, 3.05) is 29.9 Å². The van der Waals surface area contributed by atoms with Crippen molar-refractivity contribution in [1.82, 2.24) is 5.32 Å². The Morgan fingerprint density at radius 1 is 0.933 bits per heavy atom. The second-order valence-electron chi connectivity index (χ2n) is 10.1. The molecule has 0 radical (unpaired) electrons. The Kier molecular flexibility index (Phi) is 6.49. The van der Waals surface area contributed by atoms with E-state index in [4.69, 9.17) is 0 Å². The third-order valence-corrected chi connectivity index (χ3v) is 8.13. The van der Waals surface area contributed by atoms with E-state index in [1.807, 2.05) is 0 Å². The molecule has 3 aliphatic rings. The molecule has 1 amide bonds. The summed E-state index contributed by atoms with van der Waals surface area (Å²) in [5.74, 6) is 2.07. The second-order valence-corrected chi connectivity index (χ2v) is 10.1. The third-order valence-electron chi connectivity index (χ3n) is 8.13. The zero-order valence-electron chi connectivity index (χ0n) is 18.5. The second kappa shape index (κ2) is 9.11. The van der Waals surface area contributed by atoms with Gasteiger partial charge >= 0.3 is 0 Å². The number of nitrogens with one attached hydrogen (secondary N) is 2. The van der Waals surface area contributed by atoms with Gasteiger partial charge in [-0.1, -0.05) is 26.7 Å². The molecular formula is C24H37N3O3. The van der Waals surface area contributed by atoms with Crippen LogP contribution in [0.1, 0.15) is 71.6 Å². The normalized spacial score (nSPS) is 32.3. The maximum Gasteiger partial charge on any atom is 0.253 e. The minimum Gasteiger partial charge on any atom is -0.380 e. The molecule has 0 spiro atoms. The highest BCUT2D eigenvalue weighted by Gasteiger charge is 2.33. The van der Waals surface area contributed by atoms with Crippen LogP contribution in [0.3, 0.4) is 0 Å². The van der Waals surface area contributed by atoms with Gasteiger partial charge in [-0.3, -0.25) is 14.4 Å². The van der Waals surface area contributed by atoms with E-state index in [1.165, 1.54) is 12.8 Å². The molecule has 6 heteroatoms. The summed E-state index contributed by atoms with van der Waals surface area (Å²) in [5, 5.41) is 6.63. The van der Waals surface area contributed by atoms with Crippen LogP contribution in [-0.4, -0.2) is 31.6 Å². The first-order valence-electron chi connectivity index (χ1n) is 12.1. The lowest BCUT2D eigenvalue weighted by Gasteiger charge is -2.36. The molecular weight excluding hydrogens is 378 g/mol. The molecule has 1 aromatic carbocycles. The average molecular weight is 416 g/mol. The number of carbonyl (C=O) groups is 1. The van der Waals surface area contributed by atoms with Crippen molar-refractivity contribution >= 4 is 17.3 Å². The summed E-state index contributed by atoms with van der Waals surface area (Å²) in [4.78, 5) is 38.9. The van der Waals surface area contributed by atoms with Crippen molar-refractivity contribution in [3.8, 4) is 0 Å². The summed E-state index contributed by atoms with van der Waals surface area (Å²) in [6.07, 6.45) is 9.59. The zero-order valence-corrected chi connectivity index (χ0v) is 18.5. The monoisotopic (exact) mass is 415 g/mol. The van der Waals surface area contributed by atoms with Gasteiger partial charge in [0.15, 0.2) is 0 Å². The molecule has 166 valence electrons. The quantitative estimate of drug-likeness (QED) is 0.698. The Morgan fingerprint density at radius 3 is 2.33 bits per heavy atom. The number of rotatable bonds is 6. The van der Waals surface area contributed by atoms with Gasteiger partial charge in [0.2, 0.25) is 5.91 Å². The van der Waals surface area contributed by atoms with Gasteiger partial charge in [0, 0.05) is 31.6 Å². The summed E-state index contributed by atoms with van der Waals surface area (Å²) < 4.78 is 0. The molecule has 4 rings (SSSR count). The molecule has 0 unspecified atom stereocenters. The fourth-order valence-corrected chi connectivity index (χ4v) is 5.75. The Morgan fingerprint density at radius 2 is 1.63 bits per heavy atom. The van der Waals surface area contributed by atoms with E-state index in [-0.39, 0.29) is 22.7 Å². The van der Waals surface area contributed by atoms with Crippen molar-refractivity contribution in [3.63, 3.8) is 0 Å². The minimum absolute atomic E-state index is 0.122. The average Bonchev–Trinajstić information content (AvgIpc) is 3.27. The lowest BCUT2D eigenvalue weighted by atomic mass is 9.77. The fraction of sp³-hybridized carbons (Fsp3) is 0.792. The van der Waals surface area contributed by atoms with Gasteiger partial charge < -0.3 is 15.5 Å². The SMILES string of the molecule is C[C@H]1[C@H](C)CCC[C@@H]1NC(=O)C1CCC(CNc2c(N3CCCC3)c(=O)c2=O)CC1. The van der Waals surface area contributed by atoms with Crippen LogP contribution in [-0.2, 0) is 4.79 Å². The molecule has 1 aliphatic heterocycles. The van der Waals surface area contributed by atoms with Crippen LogP contribution in [0.25, 0.3) is 0 Å². The fourth-order valence-electron chi connectivity index (χ4n) is 5.75. The van der Waals surface area contributed by atoms with Crippen molar-refractivity contribution in [2.24, 2.45) is 23.7 Å². The molecule has 6 nitrogen and oxygen atoms in total. The predicted molar refractivity (Wildman–Crippen MR) is 121 cm³/mol. The van der Waals surface area contributed by atoms with Crippen molar-refractivity contribution in [1.29, 1.82) is 0 Å². The van der Waals surface area contributed by atoms with Crippen LogP contribution in [0.4, 0.5) is 11.4 Å². The molecule has 3 fully saturated rings. The largest absolute Gasteiger partial charge is 0.380 e. The van der Waals surface area contributed by atoms with E-state index >= 15 is 0 Å². The highest BCUT2D eigenvalue weighted by molar-refractivity contribution is 5.79. The van der Waals surface area contributed by atoms with Gasteiger partial charge in [-0.15, -0.1) is 0 Å². The van der Waals surface area contributed by atoms with Gasteiger partial charge in [-0.2, -0.15) is 0 Å². The van der Waals surface area contributed by atoms with Crippen LogP contribution in [0, 0.1) is 23.7 Å². The first-order valence-corrected chi connectivity index (χ1v) is 12.1. The first-order chi connectivity index (χ1) is 14.5. The maximum atomic E-state index is 12.8. The van der Waals surface area contributed by atoms with E-state index in [1.54, 1.807) is 0 Å². The molecule has 30 heavy (non-hydrogen) atoms. The molecule has 0 aromatic heterocycles. The van der Waals surface area contributed by atoms with Gasteiger partial charge in [0.25, 0.3) is 10.9 Å². The van der Waals surface area contributed by atoms with Gasteiger partial charge in [0.1, 0.15) is 11.4 Å². The zero-order chi connectivity index (χ0) is 21.3. The van der Waals surface area contributed by atoms with Gasteiger partial charge in [-0.05, 0) is 62.7 Å². The number of carbonyl (C=O) groups excluding carboxylic acids is 1. The predicted octanol–water partition coefficient (Wildman–Crippen LogP) is 3.04. The van der Waals surface area contributed by atoms with Crippen LogP contribution < -0.4 is 26.4 Å². The summed E-state index contributed by atoms with van der Waals surface area (Å²) in [5.41, 5.74) is 0.454. The summed E-state index contributed by atoms with van der Waals surface area (Å²) in [6.45, 7) is 7.04. The molecule has 2 N–H and O–H groups in total. The molecule has 1 heterocycles. The van der Waals surface area contributed by atoms with Gasteiger partial charge in [-0.25, -0.2) is 0 Å². The smallest absolute Gasteiger partial charge is 0.253 e. The van der Waals surface area contributed by atoms with Gasteiger partial charge in [0.05, 0.1) is 0 Å². The number of nitrogens with zero attached hydrogens (tertiary/aromatic N) is 1. The lowest BCUT2D eigenvalue weighted by Crippen LogP contribution is -2.46. The minimum atomic E-state index is -0.360. The van der Waals surface area contributed by atoms with E-state index in [9.17, 15) is 14.4 Å². The maximum absolute atomic E-state index is 12.8. The molecule has 0 bridgehead atoms. The first kappa shape index (κ1) is 21.4.